The third-order valence-corrected chi connectivity index (χ3v) is 9.42. The monoisotopic (exact) mass is 727 g/mol. The summed E-state index contributed by atoms with van der Waals surface area (Å²) >= 11 is 0. The molecule has 0 radical (unpaired) electrons. The summed E-state index contributed by atoms with van der Waals surface area (Å²) in [5.74, 6) is 0. The molecular weight excluding hydrogens is 651 g/mol. The molecule has 284 valence electrons. The Balaban J connectivity index is 0.00000104. The van der Waals surface area contributed by atoms with Crippen LogP contribution in [-0.4, -0.2) is 4.70 Å². The van der Waals surface area contributed by atoms with E-state index in [1.807, 2.05) is 12.2 Å². The van der Waals surface area contributed by atoms with Crippen LogP contribution in [0.25, 0.3) is 16.9 Å². The minimum Gasteiger partial charge on any atom is -0.493 e. The normalized spacial score (nSPS) is 11.9. The second-order valence-corrected chi connectivity index (χ2v) is 14.0. The van der Waals surface area contributed by atoms with E-state index in [0.717, 1.165) is 48.2 Å². The van der Waals surface area contributed by atoms with Gasteiger partial charge in [-0.2, -0.15) is 12.8 Å². The van der Waals surface area contributed by atoms with Crippen molar-refractivity contribution in [2.24, 2.45) is 0 Å². The molecule has 0 bridgehead atoms. The number of hydrogen-bond acceptors (Lipinski definition) is 0. The van der Waals surface area contributed by atoms with E-state index in [9.17, 15) is 5.53 Å². The van der Waals surface area contributed by atoms with Gasteiger partial charge < -0.3 is 19.4 Å². The standard InChI is InChI=1S/C29H38N2.2C9H19.Ni/c1-3-5-7-8-9-11-13-24-17-19-26(20-18-24)28-21-22-29(31(28)30)27-16-12-15-25(23-27)14-10-6-4-2;2*1-3-5-7-9-8-6-4-2;/h12,15-23H,3-11,13-14H2,1-2H3;2*1,3-9H2,2H3;/q;2*-1;+2. The van der Waals surface area contributed by atoms with Gasteiger partial charge >= 0.3 is 16.5 Å². The zero-order valence-electron chi connectivity index (χ0n) is 33.1. The Bertz CT molecular complexity index is 1100. The SMILES string of the molecule is CCCCCCCCc1ccc(C2=CC=C(c3cccc(CCCCC)c3)[N+]2=[N-])cc1.[CH2-]CCCCCCCC.[CH2-]CCCCCCCC.[Ni+2]. The zero-order chi connectivity index (χ0) is 35.8. The quantitative estimate of drug-likeness (QED) is 0.0421. The van der Waals surface area contributed by atoms with Crippen molar-refractivity contribution in [1.29, 1.82) is 0 Å². The topological polar surface area (TPSA) is 25.3 Å². The molecule has 3 rings (SSSR count). The van der Waals surface area contributed by atoms with Gasteiger partial charge in [-0.25, -0.2) is 4.70 Å². The van der Waals surface area contributed by atoms with Crippen LogP contribution in [0.3, 0.4) is 0 Å². The van der Waals surface area contributed by atoms with Gasteiger partial charge in [-0.05, 0) is 61.1 Å². The molecule has 2 aromatic carbocycles. The van der Waals surface area contributed by atoms with Gasteiger partial charge in [0, 0.05) is 23.3 Å². The summed E-state index contributed by atoms with van der Waals surface area (Å²) in [6.45, 7) is 16.6. The van der Waals surface area contributed by atoms with E-state index in [1.165, 1.54) is 151 Å². The molecule has 0 atom stereocenters. The molecular formula is C47H76N2Ni. The number of unbranched alkanes of at least 4 members (excludes halogenated alkanes) is 19. The zero-order valence-corrected chi connectivity index (χ0v) is 34.1. The molecule has 0 amide bonds. The van der Waals surface area contributed by atoms with E-state index in [4.69, 9.17) is 0 Å². The fourth-order valence-corrected chi connectivity index (χ4v) is 6.20. The summed E-state index contributed by atoms with van der Waals surface area (Å²) < 4.78 is 1.34. The van der Waals surface area contributed by atoms with Gasteiger partial charge in [0.05, 0.1) is 0 Å². The van der Waals surface area contributed by atoms with Crippen LogP contribution in [0, 0.1) is 13.8 Å². The number of rotatable bonds is 25. The van der Waals surface area contributed by atoms with Crippen molar-refractivity contribution in [3.05, 3.63) is 102 Å². The van der Waals surface area contributed by atoms with E-state index < -0.39 is 0 Å². The molecule has 3 heteroatoms. The molecule has 0 saturated heterocycles. The van der Waals surface area contributed by atoms with Crippen LogP contribution in [0.1, 0.15) is 198 Å². The molecule has 0 aliphatic carbocycles. The molecule has 50 heavy (non-hydrogen) atoms. The van der Waals surface area contributed by atoms with Crippen LogP contribution in [0.15, 0.2) is 60.7 Å². The first-order valence-electron chi connectivity index (χ1n) is 20.7. The van der Waals surface area contributed by atoms with Crippen molar-refractivity contribution in [3.63, 3.8) is 0 Å². The largest absolute Gasteiger partial charge is 2.00 e. The van der Waals surface area contributed by atoms with Crippen LogP contribution in [-0.2, 0) is 29.3 Å². The van der Waals surface area contributed by atoms with E-state index in [-0.39, 0.29) is 16.5 Å². The third-order valence-electron chi connectivity index (χ3n) is 9.42. The molecule has 0 spiro atoms. The third kappa shape index (κ3) is 22.8. The summed E-state index contributed by atoms with van der Waals surface area (Å²) in [6.07, 6.45) is 36.9. The van der Waals surface area contributed by atoms with Crippen LogP contribution in [0.4, 0.5) is 0 Å². The fraction of sp³-hybridized carbons (Fsp3) is 0.617. The van der Waals surface area contributed by atoms with Gasteiger partial charge in [-0.3, -0.25) is 0 Å². The molecule has 0 aromatic heterocycles. The molecule has 2 aromatic rings. The maximum Gasteiger partial charge on any atom is 2.00 e. The van der Waals surface area contributed by atoms with E-state index >= 15 is 0 Å². The van der Waals surface area contributed by atoms with E-state index in [0.29, 0.717) is 0 Å². The fourth-order valence-electron chi connectivity index (χ4n) is 6.20. The van der Waals surface area contributed by atoms with Crippen molar-refractivity contribution in [2.45, 2.75) is 188 Å². The van der Waals surface area contributed by atoms with Gasteiger partial charge in [-0.15, -0.1) is 0 Å². The van der Waals surface area contributed by atoms with Crippen LogP contribution in [0.2, 0.25) is 0 Å². The summed E-state index contributed by atoms with van der Waals surface area (Å²) in [7, 11) is 0. The predicted octanol–water partition coefficient (Wildman–Crippen LogP) is 15.9. The average molecular weight is 728 g/mol. The smallest absolute Gasteiger partial charge is 0.493 e. The Labute approximate surface area is 321 Å². The Morgan fingerprint density at radius 1 is 0.460 bits per heavy atom. The van der Waals surface area contributed by atoms with Crippen molar-refractivity contribution in [3.8, 4) is 0 Å². The minimum absolute atomic E-state index is 0. The van der Waals surface area contributed by atoms with Gasteiger partial charge in [0.15, 0.2) is 0 Å². The number of hydrogen-bond donors (Lipinski definition) is 0. The molecule has 0 fully saturated rings. The molecule has 0 unspecified atom stereocenters. The van der Waals surface area contributed by atoms with Gasteiger partial charge in [0.1, 0.15) is 0 Å². The number of aryl methyl sites for hydroxylation is 2. The van der Waals surface area contributed by atoms with Crippen LogP contribution < -0.4 is 0 Å². The van der Waals surface area contributed by atoms with Crippen LogP contribution in [0.5, 0.6) is 0 Å². The molecule has 0 N–H and O–H groups in total. The Morgan fingerprint density at radius 3 is 1.36 bits per heavy atom. The maximum atomic E-state index is 10.9. The van der Waals surface area contributed by atoms with Gasteiger partial charge in [0.25, 0.3) is 0 Å². The van der Waals surface area contributed by atoms with E-state index in [1.54, 1.807) is 0 Å². The summed E-state index contributed by atoms with van der Waals surface area (Å²) in [4.78, 5) is 0. The van der Waals surface area contributed by atoms with E-state index in [2.05, 4.69) is 90.1 Å². The Kier molecular flexibility index (Phi) is 32.8. The van der Waals surface area contributed by atoms with Crippen molar-refractivity contribution < 1.29 is 21.2 Å². The number of benzene rings is 2. The number of allylic oxidation sites excluding steroid dienone is 2. The van der Waals surface area contributed by atoms with Gasteiger partial charge in [0.2, 0.25) is 11.4 Å². The first-order chi connectivity index (χ1) is 24.1. The predicted molar refractivity (Wildman–Crippen MR) is 219 cm³/mol. The van der Waals surface area contributed by atoms with Crippen molar-refractivity contribution >= 4 is 11.4 Å². The molecule has 1 aliphatic heterocycles. The summed E-state index contributed by atoms with van der Waals surface area (Å²) in [6, 6.07) is 17.3. The summed E-state index contributed by atoms with van der Waals surface area (Å²) in [5.41, 5.74) is 17.4. The first-order valence-corrected chi connectivity index (χ1v) is 20.7. The minimum atomic E-state index is 0. The Morgan fingerprint density at radius 2 is 0.860 bits per heavy atom. The van der Waals surface area contributed by atoms with Crippen molar-refractivity contribution in [1.82, 2.24) is 0 Å². The van der Waals surface area contributed by atoms with Gasteiger partial charge in [-0.1, -0.05) is 174 Å². The molecule has 0 saturated carbocycles. The molecule has 1 aliphatic rings. The average Bonchev–Trinajstić information content (AvgIpc) is 3.52. The number of nitrogens with zero attached hydrogens (tertiary/aromatic N) is 2. The van der Waals surface area contributed by atoms with Crippen LogP contribution >= 0.6 is 0 Å². The first kappa shape index (κ1) is 48.0. The second kappa shape index (κ2) is 34.1. The maximum absolute atomic E-state index is 10.9. The molecule has 1 heterocycles. The summed E-state index contributed by atoms with van der Waals surface area (Å²) in [5, 5.41) is 0. The molecule has 2 nitrogen and oxygen atoms in total. The van der Waals surface area contributed by atoms with Crippen molar-refractivity contribution in [2.75, 3.05) is 0 Å². The second-order valence-electron chi connectivity index (χ2n) is 14.0. The Hall–Kier alpha value is -1.99.